The van der Waals surface area contributed by atoms with Crippen molar-refractivity contribution in [3.8, 4) is 0 Å². The highest BCUT2D eigenvalue weighted by Gasteiger charge is 2.21. The second-order valence-electron chi connectivity index (χ2n) is 17.1. The summed E-state index contributed by atoms with van der Waals surface area (Å²) in [7, 11) is 1.11. The van der Waals surface area contributed by atoms with Gasteiger partial charge < -0.3 is 33.0 Å². The van der Waals surface area contributed by atoms with Crippen LogP contribution >= 0.6 is 7.82 Å². The molecule has 0 spiro atoms. The number of aliphatic hydroxyl groups is 1. The first-order valence-corrected chi connectivity index (χ1v) is 24.8. The van der Waals surface area contributed by atoms with Crippen molar-refractivity contribution < 1.29 is 47.2 Å². The number of ether oxygens (including phenoxy) is 2. The van der Waals surface area contributed by atoms with Gasteiger partial charge in [-0.1, -0.05) is 158 Å². The molecule has 0 saturated carbocycles. The van der Waals surface area contributed by atoms with Crippen molar-refractivity contribution >= 4 is 19.8 Å². The standard InChI is InChI=1S/C48H88NO9P/c1-6-7-8-9-10-11-12-13-14-15-18-21-24-27-30-33-36-39-47(51)55-43-46(44-57-59(53,54)56-42-41-49(3,4)5)58-48(52)40-37-34-31-28-25-22-19-16-17-20-23-26-29-32-35-38-45(2)50/h17,19-20,22,26,28-29,31,45-46,50H,6-16,18,21,23-25,27,30,32-44H2,1-5H3/b20-17-,22-19-,29-26-,31-28-/t45-,46+/m0/s1. The molecule has 0 saturated heterocycles. The van der Waals surface area contributed by atoms with E-state index in [0.717, 1.165) is 57.8 Å². The van der Waals surface area contributed by atoms with Crippen molar-refractivity contribution in [1.82, 2.24) is 0 Å². The quantitative estimate of drug-likeness (QED) is 0.0210. The van der Waals surface area contributed by atoms with Crippen LogP contribution in [0.2, 0.25) is 0 Å². The number of esters is 2. The van der Waals surface area contributed by atoms with Crippen molar-refractivity contribution in [1.29, 1.82) is 0 Å². The average molecular weight is 854 g/mol. The summed E-state index contributed by atoms with van der Waals surface area (Å²) in [6, 6.07) is 0. The Kier molecular flexibility index (Phi) is 38.6. The number of nitrogens with zero attached hydrogens (tertiary/aromatic N) is 1. The lowest BCUT2D eigenvalue weighted by Crippen LogP contribution is -2.37. The van der Waals surface area contributed by atoms with Gasteiger partial charge in [-0.3, -0.25) is 14.2 Å². The maximum Gasteiger partial charge on any atom is 0.306 e. The second-order valence-corrected chi connectivity index (χ2v) is 18.5. The molecule has 0 aliphatic rings. The lowest BCUT2D eigenvalue weighted by Gasteiger charge is -2.28. The smallest absolute Gasteiger partial charge is 0.306 e. The molecule has 0 fully saturated rings. The molecular formula is C48H88NO9P. The van der Waals surface area contributed by atoms with E-state index in [0.29, 0.717) is 23.9 Å². The minimum absolute atomic E-state index is 0.0470. The van der Waals surface area contributed by atoms with Gasteiger partial charge in [0, 0.05) is 12.8 Å². The van der Waals surface area contributed by atoms with E-state index in [1.165, 1.54) is 89.9 Å². The molecule has 0 aliphatic heterocycles. The second kappa shape index (κ2) is 40.0. The summed E-state index contributed by atoms with van der Waals surface area (Å²) in [4.78, 5) is 37.6. The molecule has 0 amide bonds. The molecule has 0 aromatic rings. The van der Waals surface area contributed by atoms with Gasteiger partial charge in [-0.05, 0) is 64.7 Å². The summed E-state index contributed by atoms with van der Waals surface area (Å²) in [6.45, 7) is 3.72. The zero-order chi connectivity index (χ0) is 43.7. The third-order valence-corrected chi connectivity index (χ3v) is 10.8. The van der Waals surface area contributed by atoms with Gasteiger partial charge in [-0.15, -0.1) is 0 Å². The van der Waals surface area contributed by atoms with E-state index in [4.69, 9.17) is 18.5 Å². The summed E-state index contributed by atoms with van der Waals surface area (Å²) < 4.78 is 33.9. The highest BCUT2D eigenvalue weighted by atomic mass is 31.2. The lowest BCUT2D eigenvalue weighted by atomic mass is 10.0. The molecule has 10 nitrogen and oxygen atoms in total. The number of unbranched alkanes of at least 4 members (excludes halogenated alkanes) is 18. The fourth-order valence-corrected chi connectivity index (χ4v) is 6.92. The van der Waals surface area contributed by atoms with E-state index >= 15 is 0 Å². The average Bonchev–Trinajstić information content (AvgIpc) is 3.17. The highest BCUT2D eigenvalue weighted by Crippen LogP contribution is 2.38. The van der Waals surface area contributed by atoms with Crippen molar-refractivity contribution in [2.45, 2.75) is 199 Å². The topological polar surface area (TPSA) is 131 Å². The number of phosphoric acid groups is 1. The Balaban J connectivity index is 4.40. The molecule has 0 aromatic heterocycles. The van der Waals surface area contributed by atoms with Gasteiger partial charge in [0.1, 0.15) is 19.8 Å². The normalized spacial score (nSPS) is 14.5. The predicted octanol–water partition coefficient (Wildman–Crippen LogP) is 11.8. The van der Waals surface area contributed by atoms with Crippen LogP contribution in [0.5, 0.6) is 0 Å². The maximum atomic E-state index is 12.7. The molecule has 1 N–H and O–H groups in total. The van der Waals surface area contributed by atoms with Gasteiger partial charge in [0.2, 0.25) is 0 Å². The van der Waals surface area contributed by atoms with Gasteiger partial charge in [0.15, 0.2) is 6.10 Å². The summed E-state index contributed by atoms with van der Waals surface area (Å²) in [6.07, 6.45) is 44.2. The molecule has 344 valence electrons. The lowest BCUT2D eigenvalue weighted by molar-refractivity contribution is -0.870. The molecule has 0 rings (SSSR count). The molecule has 3 atom stereocenters. The van der Waals surface area contributed by atoms with Crippen LogP contribution in [0.25, 0.3) is 0 Å². The number of hydrogen-bond donors (Lipinski definition) is 1. The van der Waals surface area contributed by atoms with Crippen LogP contribution in [-0.4, -0.2) is 81.2 Å². The third kappa shape index (κ3) is 45.3. The first kappa shape index (κ1) is 56.9. The summed E-state index contributed by atoms with van der Waals surface area (Å²) in [5.41, 5.74) is 0. The fraction of sp³-hybridized carbons (Fsp3) is 0.792. The number of carbonyl (C=O) groups excluding carboxylic acids is 2. The molecule has 0 aromatic carbocycles. The Bertz CT molecular complexity index is 1160. The van der Waals surface area contributed by atoms with Crippen LogP contribution in [0.1, 0.15) is 187 Å². The summed E-state index contributed by atoms with van der Waals surface area (Å²) in [5.74, 6) is -0.913. The van der Waals surface area contributed by atoms with Crippen molar-refractivity contribution in [2.24, 2.45) is 0 Å². The zero-order valence-corrected chi connectivity index (χ0v) is 39.2. The SMILES string of the molecule is CCCCCCCCCCCCCCCCCCCC(=O)OC[C@H](COP(=O)([O-])OCC[N+](C)(C)C)OC(=O)CCC/C=C\C/C=C\C/C=C\C/C=C\CCC[C@H](C)O. The highest BCUT2D eigenvalue weighted by molar-refractivity contribution is 7.45. The number of allylic oxidation sites excluding steroid dienone is 8. The van der Waals surface area contributed by atoms with Gasteiger partial charge in [-0.25, -0.2) is 0 Å². The Hall–Kier alpha value is -2.07. The van der Waals surface area contributed by atoms with E-state index in [2.05, 4.69) is 49.5 Å². The molecule has 0 aliphatic carbocycles. The van der Waals surface area contributed by atoms with Gasteiger partial charge in [-0.2, -0.15) is 0 Å². The minimum atomic E-state index is -4.65. The van der Waals surface area contributed by atoms with E-state index in [9.17, 15) is 24.2 Å². The van der Waals surface area contributed by atoms with E-state index in [-0.39, 0.29) is 32.2 Å². The van der Waals surface area contributed by atoms with Gasteiger partial charge in [0.25, 0.3) is 7.82 Å². The number of phosphoric ester groups is 1. The zero-order valence-electron chi connectivity index (χ0n) is 38.3. The maximum absolute atomic E-state index is 12.7. The summed E-state index contributed by atoms with van der Waals surface area (Å²) in [5, 5.41) is 9.28. The van der Waals surface area contributed by atoms with Crippen LogP contribution < -0.4 is 4.89 Å². The van der Waals surface area contributed by atoms with Crippen LogP contribution in [0.3, 0.4) is 0 Å². The van der Waals surface area contributed by atoms with E-state index in [1.807, 2.05) is 34.1 Å². The van der Waals surface area contributed by atoms with Gasteiger partial charge in [0.05, 0.1) is 33.9 Å². The Labute approximate surface area is 361 Å². The molecule has 0 heterocycles. The van der Waals surface area contributed by atoms with E-state index < -0.39 is 32.5 Å². The number of likely N-dealkylation sites (N-methyl/N-ethyl adjacent to an activating group) is 1. The van der Waals surface area contributed by atoms with Crippen LogP contribution in [0.4, 0.5) is 0 Å². The number of rotatable bonds is 42. The fourth-order valence-electron chi connectivity index (χ4n) is 6.20. The largest absolute Gasteiger partial charge is 0.756 e. The number of hydrogen-bond acceptors (Lipinski definition) is 9. The van der Waals surface area contributed by atoms with Crippen LogP contribution in [-0.2, 0) is 32.7 Å². The number of carbonyl (C=O) groups is 2. The molecule has 1 unspecified atom stereocenters. The Morgan fingerprint density at radius 2 is 1.05 bits per heavy atom. The van der Waals surface area contributed by atoms with E-state index in [1.54, 1.807) is 0 Å². The first-order valence-electron chi connectivity index (χ1n) is 23.4. The van der Waals surface area contributed by atoms with Crippen molar-refractivity contribution in [3.05, 3.63) is 48.6 Å². The molecular weight excluding hydrogens is 765 g/mol. The third-order valence-electron chi connectivity index (χ3n) is 9.87. The van der Waals surface area contributed by atoms with Gasteiger partial charge >= 0.3 is 11.9 Å². The monoisotopic (exact) mass is 854 g/mol. The van der Waals surface area contributed by atoms with Crippen molar-refractivity contribution in [2.75, 3.05) is 47.5 Å². The van der Waals surface area contributed by atoms with Crippen LogP contribution in [0, 0.1) is 0 Å². The Morgan fingerprint density at radius 1 is 0.610 bits per heavy atom. The molecule has 0 radical (unpaired) electrons. The van der Waals surface area contributed by atoms with Crippen LogP contribution in [0.15, 0.2) is 48.6 Å². The number of quaternary nitrogens is 1. The summed E-state index contributed by atoms with van der Waals surface area (Å²) >= 11 is 0. The Morgan fingerprint density at radius 3 is 1.53 bits per heavy atom. The minimum Gasteiger partial charge on any atom is -0.756 e. The molecule has 59 heavy (non-hydrogen) atoms. The first-order chi connectivity index (χ1) is 28.3. The molecule has 11 heteroatoms. The molecule has 0 bridgehead atoms. The number of aliphatic hydroxyl groups excluding tert-OH is 1. The van der Waals surface area contributed by atoms with Crippen molar-refractivity contribution in [3.63, 3.8) is 0 Å². The predicted molar refractivity (Wildman–Crippen MR) is 242 cm³/mol.